The average Bonchev–Trinajstić information content (AvgIpc) is 2.32. The van der Waals surface area contributed by atoms with Crippen LogP contribution in [0.25, 0.3) is 0 Å². The van der Waals surface area contributed by atoms with E-state index in [0.717, 1.165) is 4.90 Å². The lowest BCUT2D eigenvalue weighted by molar-refractivity contribution is -0.142. The van der Waals surface area contributed by atoms with Crippen molar-refractivity contribution >= 4 is 11.9 Å². The Morgan fingerprint density at radius 3 is 2.44 bits per heavy atom. The molecule has 0 saturated heterocycles. The van der Waals surface area contributed by atoms with E-state index < -0.39 is 29.4 Å². The lowest BCUT2D eigenvalue weighted by atomic mass is 10.1. The van der Waals surface area contributed by atoms with Crippen LogP contribution in [-0.2, 0) is 4.79 Å². The van der Waals surface area contributed by atoms with Crippen LogP contribution in [0.5, 0.6) is 11.5 Å². The molecular formula is C12H15NO5. The summed E-state index contributed by atoms with van der Waals surface area (Å²) in [5.41, 5.74) is -0.128. The number of phenolic OH excluding ortho intramolecular Hbond substituents is 2. The van der Waals surface area contributed by atoms with Crippen LogP contribution in [0, 0.1) is 0 Å². The molecule has 0 aliphatic carbocycles. The largest absolute Gasteiger partial charge is 0.504 e. The van der Waals surface area contributed by atoms with Crippen molar-refractivity contribution in [2.75, 3.05) is 7.05 Å². The standard InChI is InChI=1S/C12H15NO5/c1-3-8(12(17)18)13(2)11(16)7-5-4-6-9(14)10(7)15/h4-6,8,14-15H,3H2,1-2H3,(H,17,18). The van der Waals surface area contributed by atoms with Crippen molar-refractivity contribution in [2.45, 2.75) is 19.4 Å². The Morgan fingerprint density at radius 2 is 1.94 bits per heavy atom. The number of para-hydroxylation sites is 1. The highest BCUT2D eigenvalue weighted by molar-refractivity contribution is 5.99. The fourth-order valence-electron chi connectivity index (χ4n) is 1.65. The predicted molar refractivity (Wildman–Crippen MR) is 63.6 cm³/mol. The Morgan fingerprint density at radius 1 is 1.33 bits per heavy atom. The summed E-state index contributed by atoms with van der Waals surface area (Å²) in [7, 11) is 1.34. The third-order valence-corrected chi connectivity index (χ3v) is 2.70. The van der Waals surface area contributed by atoms with E-state index in [-0.39, 0.29) is 12.0 Å². The Labute approximate surface area is 104 Å². The Bertz CT molecular complexity index is 472. The summed E-state index contributed by atoms with van der Waals surface area (Å²) < 4.78 is 0. The number of carbonyl (C=O) groups is 2. The zero-order valence-corrected chi connectivity index (χ0v) is 10.1. The summed E-state index contributed by atoms with van der Waals surface area (Å²) in [5, 5.41) is 27.8. The minimum Gasteiger partial charge on any atom is -0.504 e. The van der Waals surface area contributed by atoms with Crippen LogP contribution in [-0.4, -0.2) is 45.2 Å². The molecule has 18 heavy (non-hydrogen) atoms. The molecule has 1 rings (SSSR count). The van der Waals surface area contributed by atoms with E-state index in [1.165, 1.54) is 25.2 Å². The summed E-state index contributed by atoms with van der Waals surface area (Å²) in [6.07, 6.45) is 0.247. The van der Waals surface area contributed by atoms with E-state index in [1.54, 1.807) is 6.92 Å². The third-order valence-electron chi connectivity index (χ3n) is 2.70. The van der Waals surface area contributed by atoms with Crippen molar-refractivity contribution < 1.29 is 24.9 Å². The monoisotopic (exact) mass is 253 g/mol. The van der Waals surface area contributed by atoms with Crippen molar-refractivity contribution in [3.8, 4) is 11.5 Å². The van der Waals surface area contributed by atoms with Gasteiger partial charge in [0.1, 0.15) is 6.04 Å². The fourth-order valence-corrected chi connectivity index (χ4v) is 1.65. The van der Waals surface area contributed by atoms with Crippen LogP contribution in [0.3, 0.4) is 0 Å². The Balaban J connectivity index is 3.07. The van der Waals surface area contributed by atoms with Gasteiger partial charge in [-0.2, -0.15) is 0 Å². The molecule has 0 bridgehead atoms. The molecule has 1 aromatic carbocycles. The van der Waals surface area contributed by atoms with E-state index >= 15 is 0 Å². The van der Waals surface area contributed by atoms with Gasteiger partial charge in [0.2, 0.25) is 0 Å². The lowest BCUT2D eigenvalue weighted by Gasteiger charge is -2.24. The number of rotatable bonds is 4. The molecule has 0 aliphatic heterocycles. The highest BCUT2D eigenvalue weighted by atomic mass is 16.4. The van der Waals surface area contributed by atoms with Crippen molar-refractivity contribution in [1.82, 2.24) is 4.90 Å². The number of likely N-dealkylation sites (N-methyl/N-ethyl adjacent to an activating group) is 1. The number of carboxylic acids is 1. The summed E-state index contributed by atoms with van der Waals surface area (Å²) in [6.45, 7) is 1.64. The molecule has 0 spiro atoms. The second kappa shape index (κ2) is 5.39. The summed E-state index contributed by atoms with van der Waals surface area (Å²) >= 11 is 0. The van der Waals surface area contributed by atoms with Gasteiger partial charge < -0.3 is 20.2 Å². The molecule has 1 atom stereocenters. The number of carboxylic acid groups (broad SMARTS) is 1. The van der Waals surface area contributed by atoms with Crippen LogP contribution < -0.4 is 0 Å². The molecule has 98 valence electrons. The number of nitrogens with zero attached hydrogens (tertiary/aromatic N) is 1. The minimum atomic E-state index is -1.12. The molecule has 0 aromatic heterocycles. The zero-order chi connectivity index (χ0) is 13.9. The number of phenols is 2. The topological polar surface area (TPSA) is 98.1 Å². The molecule has 1 aromatic rings. The van der Waals surface area contributed by atoms with Crippen molar-refractivity contribution in [3.05, 3.63) is 23.8 Å². The minimum absolute atomic E-state index is 0.128. The highest BCUT2D eigenvalue weighted by Crippen LogP contribution is 2.29. The van der Waals surface area contributed by atoms with Gasteiger partial charge in [0.15, 0.2) is 11.5 Å². The summed E-state index contributed by atoms with van der Waals surface area (Å²) in [6, 6.07) is 2.99. The van der Waals surface area contributed by atoms with E-state index in [0.29, 0.717) is 0 Å². The zero-order valence-electron chi connectivity index (χ0n) is 10.1. The first-order chi connectivity index (χ1) is 8.40. The van der Waals surface area contributed by atoms with Crippen LogP contribution in [0.1, 0.15) is 23.7 Å². The van der Waals surface area contributed by atoms with E-state index in [9.17, 15) is 19.8 Å². The van der Waals surface area contributed by atoms with Gasteiger partial charge in [0, 0.05) is 7.05 Å². The second-order valence-electron chi connectivity index (χ2n) is 3.85. The van der Waals surface area contributed by atoms with E-state index in [4.69, 9.17) is 5.11 Å². The van der Waals surface area contributed by atoms with Gasteiger partial charge in [-0.05, 0) is 18.6 Å². The summed E-state index contributed by atoms with van der Waals surface area (Å²) in [4.78, 5) is 24.0. The second-order valence-corrected chi connectivity index (χ2v) is 3.85. The molecule has 1 amide bonds. The van der Waals surface area contributed by atoms with Gasteiger partial charge in [-0.1, -0.05) is 13.0 Å². The van der Waals surface area contributed by atoms with Gasteiger partial charge >= 0.3 is 5.97 Å². The fraction of sp³-hybridized carbons (Fsp3) is 0.333. The maximum Gasteiger partial charge on any atom is 0.326 e. The van der Waals surface area contributed by atoms with Crippen LogP contribution in [0.4, 0.5) is 0 Å². The SMILES string of the molecule is CCC(C(=O)O)N(C)C(=O)c1cccc(O)c1O. The van der Waals surface area contributed by atoms with E-state index in [1.807, 2.05) is 0 Å². The number of benzene rings is 1. The Kier molecular flexibility index (Phi) is 4.14. The van der Waals surface area contributed by atoms with Gasteiger partial charge in [-0.25, -0.2) is 4.79 Å². The number of aromatic hydroxyl groups is 2. The van der Waals surface area contributed by atoms with Gasteiger partial charge in [0.05, 0.1) is 5.56 Å². The number of hydrogen-bond donors (Lipinski definition) is 3. The molecule has 0 heterocycles. The van der Waals surface area contributed by atoms with Crippen LogP contribution in [0.2, 0.25) is 0 Å². The molecule has 6 heteroatoms. The lowest BCUT2D eigenvalue weighted by Crippen LogP contribution is -2.41. The summed E-state index contributed by atoms with van der Waals surface area (Å²) in [5.74, 6) is -2.74. The molecule has 1 unspecified atom stereocenters. The molecule has 3 N–H and O–H groups in total. The highest BCUT2D eigenvalue weighted by Gasteiger charge is 2.27. The van der Waals surface area contributed by atoms with Crippen molar-refractivity contribution in [3.63, 3.8) is 0 Å². The first-order valence-corrected chi connectivity index (χ1v) is 5.41. The third kappa shape index (κ3) is 2.53. The maximum atomic E-state index is 12.0. The molecule has 0 aliphatic rings. The van der Waals surface area contributed by atoms with Gasteiger partial charge in [-0.15, -0.1) is 0 Å². The normalized spacial score (nSPS) is 11.9. The first-order valence-electron chi connectivity index (χ1n) is 5.41. The van der Waals surface area contributed by atoms with Crippen molar-refractivity contribution in [2.24, 2.45) is 0 Å². The van der Waals surface area contributed by atoms with Gasteiger partial charge in [0.25, 0.3) is 5.91 Å². The average molecular weight is 253 g/mol. The number of amides is 1. The van der Waals surface area contributed by atoms with Crippen molar-refractivity contribution in [1.29, 1.82) is 0 Å². The molecule has 0 saturated carbocycles. The molecule has 0 radical (unpaired) electrons. The van der Waals surface area contributed by atoms with Crippen LogP contribution in [0.15, 0.2) is 18.2 Å². The Hall–Kier alpha value is -2.24. The number of aliphatic carboxylic acids is 1. The quantitative estimate of drug-likeness (QED) is 0.696. The van der Waals surface area contributed by atoms with Gasteiger partial charge in [-0.3, -0.25) is 4.79 Å². The first kappa shape index (κ1) is 13.8. The molecule has 6 nitrogen and oxygen atoms in total. The molecular weight excluding hydrogens is 238 g/mol. The smallest absolute Gasteiger partial charge is 0.326 e. The van der Waals surface area contributed by atoms with Crippen LogP contribution >= 0.6 is 0 Å². The molecule has 0 fully saturated rings. The number of carbonyl (C=O) groups excluding carboxylic acids is 1. The predicted octanol–water partition coefficient (Wildman–Crippen LogP) is 1.03. The number of hydrogen-bond acceptors (Lipinski definition) is 4. The van der Waals surface area contributed by atoms with E-state index in [2.05, 4.69) is 0 Å². The maximum absolute atomic E-state index is 12.0.